The zero-order valence-corrected chi connectivity index (χ0v) is 13.7. The van der Waals surface area contributed by atoms with E-state index in [1.807, 2.05) is 0 Å². The number of hydrogen-bond acceptors (Lipinski definition) is 4. The van der Waals surface area contributed by atoms with E-state index in [-0.39, 0.29) is 4.90 Å². The molecule has 6 heteroatoms. The van der Waals surface area contributed by atoms with Crippen molar-refractivity contribution in [2.45, 2.75) is 25.7 Å². The number of nitrogens with zero attached hydrogens (tertiary/aromatic N) is 2. The maximum atomic E-state index is 12.1. The van der Waals surface area contributed by atoms with Crippen molar-refractivity contribution in [3.05, 3.63) is 18.2 Å². The first-order chi connectivity index (χ1) is 9.20. The van der Waals surface area contributed by atoms with Crippen LogP contribution < -0.4 is 10.6 Å². The Morgan fingerprint density at radius 1 is 1.25 bits per heavy atom. The number of nitrogen functional groups attached to an aromatic ring is 1. The zero-order chi connectivity index (χ0) is 15.5. The molecule has 20 heavy (non-hydrogen) atoms. The van der Waals surface area contributed by atoms with Gasteiger partial charge in [0.15, 0.2) is 0 Å². The summed E-state index contributed by atoms with van der Waals surface area (Å²) in [4.78, 5) is 2.39. The average molecular weight is 299 g/mol. The fourth-order valence-electron chi connectivity index (χ4n) is 2.03. The van der Waals surface area contributed by atoms with Gasteiger partial charge in [-0.05, 0) is 31.0 Å². The second-order valence-electron chi connectivity index (χ2n) is 5.44. The van der Waals surface area contributed by atoms with E-state index in [1.165, 1.54) is 24.5 Å². The molecule has 0 aliphatic heterocycles. The summed E-state index contributed by atoms with van der Waals surface area (Å²) in [6.45, 7) is 8.07. The second kappa shape index (κ2) is 6.45. The van der Waals surface area contributed by atoms with Crippen LogP contribution in [0.2, 0.25) is 0 Å². The molecule has 0 aromatic heterocycles. The Morgan fingerprint density at radius 3 is 2.25 bits per heavy atom. The summed E-state index contributed by atoms with van der Waals surface area (Å²) < 4.78 is 25.3. The van der Waals surface area contributed by atoms with Crippen LogP contribution >= 0.6 is 0 Å². The molecule has 0 atom stereocenters. The van der Waals surface area contributed by atoms with Crippen LogP contribution in [-0.2, 0) is 10.0 Å². The van der Waals surface area contributed by atoms with Gasteiger partial charge < -0.3 is 10.6 Å². The molecule has 0 heterocycles. The van der Waals surface area contributed by atoms with Gasteiger partial charge in [0.05, 0.1) is 16.3 Å². The molecule has 0 bridgehead atoms. The van der Waals surface area contributed by atoms with Crippen LogP contribution in [-0.4, -0.2) is 39.9 Å². The maximum Gasteiger partial charge on any atom is 0.242 e. The Morgan fingerprint density at radius 2 is 1.85 bits per heavy atom. The van der Waals surface area contributed by atoms with E-state index in [0.29, 0.717) is 11.6 Å². The van der Waals surface area contributed by atoms with Gasteiger partial charge in [-0.1, -0.05) is 13.8 Å². The minimum absolute atomic E-state index is 0.226. The first kappa shape index (κ1) is 16.8. The average Bonchev–Trinajstić information content (AvgIpc) is 2.35. The van der Waals surface area contributed by atoms with Crippen LogP contribution in [0.25, 0.3) is 0 Å². The van der Waals surface area contributed by atoms with Crippen LogP contribution in [0.4, 0.5) is 11.4 Å². The number of benzene rings is 1. The van der Waals surface area contributed by atoms with Gasteiger partial charge in [-0.15, -0.1) is 0 Å². The SMILES string of the molecule is CCN(CC(C)C)c1ccc(S(=O)(=O)N(C)C)cc1N. The number of sulfonamides is 1. The van der Waals surface area contributed by atoms with Gasteiger partial charge in [-0.2, -0.15) is 0 Å². The minimum atomic E-state index is -3.44. The Balaban J connectivity index is 3.17. The first-order valence-electron chi connectivity index (χ1n) is 6.77. The highest BCUT2D eigenvalue weighted by molar-refractivity contribution is 7.89. The largest absolute Gasteiger partial charge is 0.397 e. The molecular formula is C14H25N3O2S. The first-order valence-corrected chi connectivity index (χ1v) is 8.21. The normalized spacial score (nSPS) is 12.2. The van der Waals surface area contributed by atoms with Crippen molar-refractivity contribution in [2.75, 3.05) is 37.8 Å². The molecule has 1 aromatic carbocycles. The van der Waals surface area contributed by atoms with Crippen molar-refractivity contribution in [2.24, 2.45) is 5.92 Å². The smallest absolute Gasteiger partial charge is 0.242 e. The standard InChI is InChI=1S/C14H25N3O2S/c1-6-17(10-11(2)3)14-8-7-12(9-13(14)15)20(18,19)16(4)5/h7-9,11H,6,10,15H2,1-5H3. The highest BCUT2D eigenvalue weighted by atomic mass is 32.2. The summed E-state index contributed by atoms with van der Waals surface area (Å²) in [5.74, 6) is 0.513. The van der Waals surface area contributed by atoms with E-state index >= 15 is 0 Å². The monoisotopic (exact) mass is 299 g/mol. The molecule has 0 aliphatic carbocycles. The molecule has 0 spiro atoms. The van der Waals surface area contributed by atoms with Gasteiger partial charge in [0.2, 0.25) is 10.0 Å². The summed E-state index contributed by atoms with van der Waals surface area (Å²) in [5, 5.41) is 0. The lowest BCUT2D eigenvalue weighted by molar-refractivity contribution is 0.521. The summed E-state index contributed by atoms with van der Waals surface area (Å²) in [6, 6.07) is 4.94. The van der Waals surface area contributed by atoms with Crippen LogP contribution in [0.5, 0.6) is 0 Å². The van der Waals surface area contributed by atoms with Gasteiger partial charge in [-0.25, -0.2) is 12.7 Å². The van der Waals surface area contributed by atoms with E-state index in [0.717, 1.165) is 18.8 Å². The highest BCUT2D eigenvalue weighted by Gasteiger charge is 2.19. The van der Waals surface area contributed by atoms with Crippen molar-refractivity contribution in [1.82, 2.24) is 4.31 Å². The van der Waals surface area contributed by atoms with E-state index in [4.69, 9.17) is 5.73 Å². The summed E-state index contributed by atoms with van der Waals surface area (Å²) >= 11 is 0. The molecule has 1 rings (SSSR count). The van der Waals surface area contributed by atoms with Crippen LogP contribution in [0.1, 0.15) is 20.8 Å². The Kier molecular flexibility index (Phi) is 5.42. The fraction of sp³-hybridized carbons (Fsp3) is 0.571. The molecule has 1 aromatic rings. The number of nitrogens with two attached hydrogens (primary N) is 1. The predicted molar refractivity (Wildman–Crippen MR) is 84.5 cm³/mol. The summed E-state index contributed by atoms with van der Waals surface area (Å²) in [7, 11) is -0.416. The molecule has 0 radical (unpaired) electrons. The molecule has 0 saturated carbocycles. The topological polar surface area (TPSA) is 66.6 Å². The van der Waals surface area contributed by atoms with Crippen LogP contribution in [0.15, 0.2) is 23.1 Å². The Hall–Kier alpha value is -1.27. The lowest BCUT2D eigenvalue weighted by Gasteiger charge is -2.27. The van der Waals surface area contributed by atoms with Crippen molar-refractivity contribution >= 4 is 21.4 Å². The molecule has 0 amide bonds. The molecule has 0 aliphatic rings. The highest BCUT2D eigenvalue weighted by Crippen LogP contribution is 2.27. The molecule has 0 saturated heterocycles. The molecule has 2 N–H and O–H groups in total. The molecular weight excluding hydrogens is 274 g/mol. The van der Waals surface area contributed by atoms with E-state index in [9.17, 15) is 8.42 Å². The van der Waals surface area contributed by atoms with Crippen LogP contribution in [0, 0.1) is 5.92 Å². The van der Waals surface area contributed by atoms with Gasteiger partial charge in [0, 0.05) is 27.2 Å². The number of hydrogen-bond donors (Lipinski definition) is 1. The quantitative estimate of drug-likeness (QED) is 0.816. The third-order valence-corrected chi connectivity index (χ3v) is 4.90. The Bertz CT molecular complexity index is 554. The summed E-state index contributed by atoms with van der Waals surface area (Å²) in [5.41, 5.74) is 7.43. The van der Waals surface area contributed by atoms with Crippen molar-refractivity contribution < 1.29 is 8.42 Å². The third-order valence-electron chi connectivity index (χ3n) is 3.09. The molecule has 114 valence electrons. The fourth-order valence-corrected chi connectivity index (χ4v) is 2.97. The lowest BCUT2D eigenvalue weighted by atomic mass is 10.1. The van der Waals surface area contributed by atoms with Gasteiger partial charge in [0.25, 0.3) is 0 Å². The lowest BCUT2D eigenvalue weighted by Crippen LogP contribution is -2.28. The van der Waals surface area contributed by atoms with E-state index in [1.54, 1.807) is 12.1 Å². The molecule has 5 nitrogen and oxygen atoms in total. The van der Waals surface area contributed by atoms with E-state index < -0.39 is 10.0 Å². The van der Waals surface area contributed by atoms with Crippen molar-refractivity contribution in [1.29, 1.82) is 0 Å². The van der Waals surface area contributed by atoms with Gasteiger partial charge >= 0.3 is 0 Å². The number of rotatable bonds is 6. The Labute approximate surface area is 122 Å². The molecule has 0 fully saturated rings. The predicted octanol–water partition coefficient (Wildman–Crippen LogP) is 2.00. The minimum Gasteiger partial charge on any atom is -0.397 e. The number of anilines is 2. The summed E-state index contributed by atoms with van der Waals surface area (Å²) in [6.07, 6.45) is 0. The van der Waals surface area contributed by atoms with Gasteiger partial charge in [0.1, 0.15) is 0 Å². The zero-order valence-electron chi connectivity index (χ0n) is 12.9. The second-order valence-corrected chi connectivity index (χ2v) is 7.59. The van der Waals surface area contributed by atoms with Crippen LogP contribution in [0.3, 0.4) is 0 Å². The van der Waals surface area contributed by atoms with Crippen molar-refractivity contribution in [3.8, 4) is 0 Å². The van der Waals surface area contributed by atoms with Crippen molar-refractivity contribution in [3.63, 3.8) is 0 Å². The maximum absolute atomic E-state index is 12.1. The molecule has 0 unspecified atom stereocenters. The third kappa shape index (κ3) is 3.64. The van der Waals surface area contributed by atoms with Gasteiger partial charge in [-0.3, -0.25) is 0 Å². The van der Waals surface area contributed by atoms with E-state index in [2.05, 4.69) is 25.7 Å².